The number of carbonyl (C=O) groups excluding carboxylic acids is 1. The highest BCUT2D eigenvalue weighted by Crippen LogP contribution is 2.34. The van der Waals surface area contributed by atoms with Crippen molar-refractivity contribution in [2.24, 2.45) is 7.05 Å². The summed E-state index contributed by atoms with van der Waals surface area (Å²) in [4.78, 5) is 32.3. The molecule has 164 valence electrons. The molecule has 0 saturated carbocycles. The van der Waals surface area contributed by atoms with E-state index in [4.69, 9.17) is 9.40 Å². The molecule has 1 aromatic carbocycles. The Morgan fingerprint density at radius 1 is 1.19 bits per heavy atom. The number of thioether (sulfide) groups is 1. The van der Waals surface area contributed by atoms with Crippen molar-refractivity contribution in [1.29, 1.82) is 0 Å². The van der Waals surface area contributed by atoms with Crippen LogP contribution in [-0.4, -0.2) is 15.5 Å². The highest BCUT2D eigenvalue weighted by Gasteiger charge is 2.21. The molecule has 3 heterocycles. The zero-order chi connectivity index (χ0) is 22.1. The maximum atomic E-state index is 13.0. The van der Waals surface area contributed by atoms with E-state index in [2.05, 4.69) is 5.32 Å². The SMILES string of the molecule is Cn1c(SCc2ccc(C(=O)NCc3ccccc3)o2)nc2sc3c(c2c1=O)CCCC3. The Hall–Kier alpha value is -2.84. The molecular formula is C24H23N3O3S2. The van der Waals surface area contributed by atoms with Gasteiger partial charge in [0.2, 0.25) is 0 Å². The molecular weight excluding hydrogens is 442 g/mol. The van der Waals surface area contributed by atoms with Gasteiger partial charge in [-0.25, -0.2) is 4.98 Å². The van der Waals surface area contributed by atoms with Gasteiger partial charge < -0.3 is 9.73 Å². The number of nitrogens with zero attached hydrogens (tertiary/aromatic N) is 2. The molecule has 0 fully saturated rings. The third-order valence-corrected chi connectivity index (χ3v) is 7.92. The molecule has 1 N–H and O–H groups in total. The van der Waals surface area contributed by atoms with Gasteiger partial charge in [0, 0.05) is 18.5 Å². The highest BCUT2D eigenvalue weighted by atomic mass is 32.2. The summed E-state index contributed by atoms with van der Waals surface area (Å²) in [5, 5.41) is 4.32. The monoisotopic (exact) mass is 465 g/mol. The van der Waals surface area contributed by atoms with Crippen LogP contribution in [0.25, 0.3) is 10.2 Å². The van der Waals surface area contributed by atoms with Crippen molar-refractivity contribution in [2.75, 3.05) is 0 Å². The number of hydrogen-bond acceptors (Lipinski definition) is 6. The normalized spacial score (nSPS) is 13.3. The number of benzene rings is 1. The fourth-order valence-corrected chi connectivity index (χ4v) is 6.14. The van der Waals surface area contributed by atoms with Crippen molar-refractivity contribution in [1.82, 2.24) is 14.9 Å². The van der Waals surface area contributed by atoms with Crippen LogP contribution in [-0.2, 0) is 32.2 Å². The van der Waals surface area contributed by atoms with E-state index in [1.54, 1.807) is 35.1 Å². The number of carbonyl (C=O) groups is 1. The van der Waals surface area contributed by atoms with E-state index in [1.807, 2.05) is 30.3 Å². The minimum Gasteiger partial charge on any atom is -0.455 e. The lowest BCUT2D eigenvalue weighted by atomic mass is 9.97. The summed E-state index contributed by atoms with van der Waals surface area (Å²) in [6.07, 6.45) is 4.34. The molecule has 1 aliphatic rings. The van der Waals surface area contributed by atoms with Gasteiger partial charge in [-0.05, 0) is 48.9 Å². The largest absolute Gasteiger partial charge is 0.455 e. The summed E-state index contributed by atoms with van der Waals surface area (Å²) in [5.74, 6) is 1.18. The van der Waals surface area contributed by atoms with Crippen LogP contribution in [0.2, 0.25) is 0 Å². The van der Waals surface area contributed by atoms with Crippen LogP contribution in [0, 0.1) is 0 Å². The first-order valence-electron chi connectivity index (χ1n) is 10.6. The Morgan fingerprint density at radius 3 is 2.84 bits per heavy atom. The van der Waals surface area contributed by atoms with Crippen LogP contribution in [0.1, 0.15) is 45.2 Å². The molecule has 0 radical (unpaired) electrons. The molecule has 0 atom stereocenters. The summed E-state index contributed by atoms with van der Waals surface area (Å²) in [5.41, 5.74) is 2.26. The Bertz CT molecular complexity index is 1340. The van der Waals surface area contributed by atoms with Gasteiger partial charge in [-0.2, -0.15) is 0 Å². The molecule has 1 amide bonds. The average molecular weight is 466 g/mol. The minimum absolute atomic E-state index is 0.0253. The van der Waals surface area contributed by atoms with E-state index in [0.717, 1.165) is 35.0 Å². The Balaban J connectivity index is 1.28. The Kier molecular flexibility index (Phi) is 5.89. The molecule has 0 saturated heterocycles. The van der Waals surface area contributed by atoms with Crippen molar-refractivity contribution in [3.8, 4) is 0 Å². The number of thiophene rings is 1. The van der Waals surface area contributed by atoms with E-state index in [9.17, 15) is 9.59 Å². The van der Waals surface area contributed by atoms with E-state index >= 15 is 0 Å². The molecule has 3 aromatic heterocycles. The summed E-state index contributed by atoms with van der Waals surface area (Å²) in [6.45, 7) is 0.446. The number of aryl methyl sites for hydroxylation is 2. The molecule has 32 heavy (non-hydrogen) atoms. The summed E-state index contributed by atoms with van der Waals surface area (Å²) >= 11 is 3.10. The van der Waals surface area contributed by atoms with Crippen LogP contribution >= 0.6 is 23.1 Å². The van der Waals surface area contributed by atoms with Crippen LogP contribution < -0.4 is 10.9 Å². The van der Waals surface area contributed by atoms with E-state index in [-0.39, 0.29) is 17.2 Å². The summed E-state index contributed by atoms with van der Waals surface area (Å²) in [7, 11) is 1.77. The quantitative estimate of drug-likeness (QED) is 0.330. The Morgan fingerprint density at radius 2 is 2.00 bits per heavy atom. The third-order valence-electron chi connectivity index (χ3n) is 5.68. The maximum Gasteiger partial charge on any atom is 0.287 e. The van der Waals surface area contributed by atoms with Crippen molar-refractivity contribution < 1.29 is 9.21 Å². The smallest absolute Gasteiger partial charge is 0.287 e. The zero-order valence-electron chi connectivity index (χ0n) is 17.7. The molecule has 0 unspecified atom stereocenters. The third kappa shape index (κ3) is 4.12. The number of amides is 1. The highest BCUT2D eigenvalue weighted by molar-refractivity contribution is 7.98. The molecule has 6 nitrogen and oxygen atoms in total. The van der Waals surface area contributed by atoms with Crippen molar-refractivity contribution in [2.45, 2.75) is 43.1 Å². The van der Waals surface area contributed by atoms with Gasteiger partial charge in [-0.15, -0.1) is 11.3 Å². The average Bonchev–Trinajstić information content (AvgIpc) is 3.44. The van der Waals surface area contributed by atoms with Gasteiger partial charge in [-0.1, -0.05) is 42.1 Å². The van der Waals surface area contributed by atoms with Gasteiger partial charge >= 0.3 is 0 Å². The number of furan rings is 1. The maximum absolute atomic E-state index is 13.0. The topological polar surface area (TPSA) is 77.1 Å². The summed E-state index contributed by atoms with van der Waals surface area (Å²) in [6, 6.07) is 13.2. The van der Waals surface area contributed by atoms with Crippen molar-refractivity contribution in [3.05, 3.63) is 80.3 Å². The fraction of sp³-hybridized carbons (Fsp3) is 0.292. The van der Waals surface area contributed by atoms with E-state index < -0.39 is 0 Å². The van der Waals surface area contributed by atoms with Crippen LogP contribution in [0.3, 0.4) is 0 Å². The van der Waals surface area contributed by atoms with Crippen LogP contribution in [0.15, 0.2) is 56.8 Å². The first-order chi connectivity index (χ1) is 15.6. The molecule has 5 rings (SSSR count). The molecule has 0 spiro atoms. The van der Waals surface area contributed by atoms with Crippen molar-refractivity contribution >= 4 is 39.2 Å². The number of aromatic nitrogens is 2. The molecule has 4 aromatic rings. The lowest BCUT2D eigenvalue weighted by molar-refractivity contribution is 0.0921. The van der Waals surface area contributed by atoms with Gasteiger partial charge in [-0.3, -0.25) is 14.2 Å². The molecule has 0 bridgehead atoms. The number of nitrogens with one attached hydrogen (secondary N) is 1. The van der Waals surface area contributed by atoms with E-state index in [0.29, 0.717) is 23.2 Å². The first-order valence-corrected chi connectivity index (χ1v) is 12.5. The molecule has 0 aliphatic heterocycles. The number of rotatable bonds is 6. The van der Waals surface area contributed by atoms with Gasteiger partial charge in [0.15, 0.2) is 10.9 Å². The van der Waals surface area contributed by atoms with E-state index in [1.165, 1.54) is 28.6 Å². The second-order valence-electron chi connectivity index (χ2n) is 7.87. The number of fused-ring (bicyclic) bond motifs is 3. The van der Waals surface area contributed by atoms with Crippen LogP contribution in [0.5, 0.6) is 0 Å². The second-order valence-corrected chi connectivity index (χ2v) is 9.90. The van der Waals surface area contributed by atoms with Crippen molar-refractivity contribution in [3.63, 3.8) is 0 Å². The minimum atomic E-state index is -0.249. The van der Waals surface area contributed by atoms with Gasteiger partial charge in [0.25, 0.3) is 11.5 Å². The lowest BCUT2D eigenvalue weighted by Crippen LogP contribution is -2.22. The predicted molar refractivity (Wildman–Crippen MR) is 127 cm³/mol. The standard InChI is InChI=1S/C24H23N3O3S2/c1-27-23(29)20-17-9-5-6-10-19(17)32-22(20)26-24(27)31-14-16-11-12-18(30-16)21(28)25-13-15-7-3-2-4-8-15/h2-4,7-8,11-12H,5-6,9-10,13-14H2,1H3,(H,25,28). The fourth-order valence-electron chi connectivity index (χ4n) is 3.97. The lowest BCUT2D eigenvalue weighted by Gasteiger charge is -2.10. The van der Waals surface area contributed by atoms with Gasteiger partial charge in [0.05, 0.1) is 11.1 Å². The number of hydrogen-bond donors (Lipinski definition) is 1. The first kappa shape index (κ1) is 21.0. The zero-order valence-corrected chi connectivity index (χ0v) is 19.4. The summed E-state index contributed by atoms with van der Waals surface area (Å²) < 4.78 is 7.36. The molecule has 1 aliphatic carbocycles. The molecule has 8 heteroatoms. The predicted octanol–water partition coefficient (Wildman–Crippen LogP) is 4.69. The second kappa shape index (κ2) is 8.96. The van der Waals surface area contributed by atoms with Crippen LogP contribution in [0.4, 0.5) is 0 Å². The van der Waals surface area contributed by atoms with Gasteiger partial charge in [0.1, 0.15) is 10.6 Å². The Labute approximate surface area is 193 Å².